The van der Waals surface area contributed by atoms with Crippen molar-refractivity contribution in [3.63, 3.8) is 0 Å². The number of benzene rings is 1. The number of hydrogen-bond donors (Lipinski definition) is 0. The molecule has 0 radical (unpaired) electrons. The summed E-state index contributed by atoms with van der Waals surface area (Å²) < 4.78 is 44.6. The van der Waals surface area contributed by atoms with Gasteiger partial charge >= 0.3 is 12.1 Å². The minimum atomic E-state index is -4.53. The number of aromatic nitrogens is 1. The van der Waals surface area contributed by atoms with Gasteiger partial charge in [-0.1, -0.05) is 6.07 Å². The van der Waals surface area contributed by atoms with Gasteiger partial charge in [0.2, 0.25) is 5.91 Å². The third-order valence-corrected chi connectivity index (χ3v) is 7.07. The van der Waals surface area contributed by atoms with Crippen LogP contribution < -0.4 is 4.90 Å². The molecule has 10 heteroatoms. The highest BCUT2D eigenvalue weighted by Crippen LogP contribution is 2.35. The molecule has 2 heterocycles. The third-order valence-electron chi connectivity index (χ3n) is 5.11. The Labute approximate surface area is 190 Å². The van der Waals surface area contributed by atoms with Crippen LogP contribution in [0.15, 0.2) is 35.0 Å². The first-order valence-electron chi connectivity index (χ1n) is 9.93. The summed E-state index contributed by atoms with van der Waals surface area (Å²) in [6.45, 7) is 1.16. The fourth-order valence-electron chi connectivity index (χ4n) is 3.60. The molecule has 0 fully saturated rings. The van der Waals surface area contributed by atoms with E-state index in [0.29, 0.717) is 11.3 Å². The van der Waals surface area contributed by atoms with E-state index >= 15 is 0 Å². The first-order valence-corrected chi connectivity index (χ1v) is 11.7. The van der Waals surface area contributed by atoms with E-state index in [9.17, 15) is 22.8 Å². The molecule has 2 aromatic heterocycles. The lowest BCUT2D eigenvalue weighted by Crippen LogP contribution is -2.23. The molecule has 32 heavy (non-hydrogen) atoms. The number of hydrogen-bond acceptors (Lipinski definition) is 6. The molecule has 4 rings (SSSR count). The minimum Gasteiger partial charge on any atom is -0.456 e. The number of aryl methyl sites for hydroxylation is 1. The van der Waals surface area contributed by atoms with E-state index in [1.807, 2.05) is 5.38 Å². The molecule has 0 saturated carbocycles. The maximum Gasteiger partial charge on any atom is 0.416 e. The second kappa shape index (κ2) is 9.03. The van der Waals surface area contributed by atoms with Gasteiger partial charge in [0, 0.05) is 22.6 Å². The van der Waals surface area contributed by atoms with Crippen molar-refractivity contribution in [2.75, 3.05) is 4.90 Å². The maximum atomic E-state index is 13.1. The number of alkyl halides is 3. The smallest absolute Gasteiger partial charge is 0.416 e. The van der Waals surface area contributed by atoms with Crippen molar-refractivity contribution in [1.29, 1.82) is 0 Å². The molecule has 0 N–H and O–H groups in total. The normalized spacial score (nSPS) is 13.5. The van der Waals surface area contributed by atoms with Gasteiger partial charge in [0.1, 0.15) is 6.61 Å². The number of anilines is 2. The Hall–Kier alpha value is -2.72. The largest absolute Gasteiger partial charge is 0.456 e. The molecule has 3 aromatic rings. The van der Waals surface area contributed by atoms with Gasteiger partial charge in [-0.2, -0.15) is 13.2 Å². The zero-order chi connectivity index (χ0) is 22.9. The van der Waals surface area contributed by atoms with Gasteiger partial charge in [-0.15, -0.1) is 22.7 Å². The number of amides is 1. The van der Waals surface area contributed by atoms with Crippen LogP contribution in [0.25, 0.3) is 0 Å². The van der Waals surface area contributed by atoms with Crippen molar-refractivity contribution >= 4 is 45.4 Å². The Morgan fingerprint density at radius 2 is 1.94 bits per heavy atom. The number of thiophene rings is 1. The van der Waals surface area contributed by atoms with E-state index < -0.39 is 23.6 Å². The number of halogens is 3. The second-order valence-corrected chi connectivity index (χ2v) is 9.16. The van der Waals surface area contributed by atoms with Crippen LogP contribution in [0.3, 0.4) is 0 Å². The SMILES string of the molecule is CC(=O)N(c1cccc(C(F)(F)F)c1)c1nc(COC(=O)c2csc3c2CCCC3)cs1. The van der Waals surface area contributed by atoms with E-state index in [1.54, 1.807) is 16.7 Å². The molecule has 0 aliphatic heterocycles. The molecular weight excluding hydrogens is 461 g/mol. The summed E-state index contributed by atoms with van der Waals surface area (Å²) in [6, 6.07) is 4.50. The predicted molar refractivity (Wildman–Crippen MR) is 116 cm³/mol. The summed E-state index contributed by atoms with van der Waals surface area (Å²) >= 11 is 2.66. The van der Waals surface area contributed by atoms with Crippen molar-refractivity contribution in [2.24, 2.45) is 0 Å². The predicted octanol–water partition coefficient (Wildman–Crippen LogP) is 6.14. The van der Waals surface area contributed by atoms with Crippen LogP contribution in [0, 0.1) is 0 Å². The van der Waals surface area contributed by atoms with Gasteiger partial charge < -0.3 is 4.74 Å². The molecule has 0 saturated heterocycles. The first kappa shape index (κ1) is 22.5. The highest BCUT2D eigenvalue weighted by molar-refractivity contribution is 7.14. The molecule has 0 spiro atoms. The van der Waals surface area contributed by atoms with Gasteiger partial charge in [0.05, 0.1) is 22.5 Å². The molecule has 1 aliphatic rings. The summed E-state index contributed by atoms with van der Waals surface area (Å²) in [4.78, 5) is 31.4. The monoisotopic (exact) mass is 480 g/mol. The number of ether oxygens (including phenoxy) is 1. The third kappa shape index (κ3) is 4.71. The lowest BCUT2D eigenvalue weighted by atomic mass is 9.96. The van der Waals surface area contributed by atoms with Crippen molar-refractivity contribution in [1.82, 2.24) is 4.98 Å². The highest BCUT2D eigenvalue weighted by atomic mass is 32.1. The minimum absolute atomic E-state index is 0.0649. The van der Waals surface area contributed by atoms with Crippen LogP contribution >= 0.6 is 22.7 Å². The van der Waals surface area contributed by atoms with Gasteiger partial charge in [-0.05, 0) is 49.4 Å². The number of fused-ring (bicyclic) bond motifs is 1. The summed E-state index contributed by atoms with van der Waals surface area (Å²) in [5.74, 6) is -0.896. The fraction of sp³-hybridized carbons (Fsp3) is 0.318. The van der Waals surface area contributed by atoms with Gasteiger partial charge in [0.15, 0.2) is 5.13 Å². The van der Waals surface area contributed by atoms with Crippen molar-refractivity contribution < 1.29 is 27.5 Å². The van der Waals surface area contributed by atoms with E-state index in [0.717, 1.165) is 59.6 Å². The van der Waals surface area contributed by atoms with E-state index in [1.165, 1.54) is 23.9 Å². The van der Waals surface area contributed by atoms with Crippen LogP contribution in [0.1, 0.15) is 51.8 Å². The van der Waals surface area contributed by atoms with Crippen LogP contribution in [0.4, 0.5) is 24.0 Å². The lowest BCUT2D eigenvalue weighted by molar-refractivity contribution is -0.137. The zero-order valence-corrected chi connectivity index (χ0v) is 18.7. The van der Waals surface area contributed by atoms with Gasteiger partial charge in [-0.3, -0.25) is 9.69 Å². The molecule has 5 nitrogen and oxygen atoms in total. The Morgan fingerprint density at radius 1 is 1.16 bits per heavy atom. The lowest BCUT2D eigenvalue weighted by Gasteiger charge is -2.19. The van der Waals surface area contributed by atoms with Gasteiger partial charge in [-0.25, -0.2) is 9.78 Å². The van der Waals surface area contributed by atoms with Crippen LogP contribution in [0.5, 0.6) is 0 Å². The molecule has 1 aromatic carbocycles. The van der Waals surface area contributed by atoms with Crippen molar-refractivity contribution in [3.8, 4) is 0 Å². The number of carbonyl (C=O) groups excluding carboxylic acids is 2. The van der Waals surface area contributed by atoms with E-state index in [2.05, 4.69) is 4.98 Å². The number of thiazole rings is 1. The molecular formula is C22H19F3N2O3S2. The summed E-state index contributed by atoms with van der Waals surface area (Å²) in [5, 5.41) is 3.65. The Balaban J connectivity index is 1.49. The Kier molecular flexibility index (Phi) is 6.34. The average molecular weight is 481 g/mol. The number of nitrogens with zero attached hydrogens (tertiary/aromatic N) is 2. The summed E-state index contributed by atoms with van der Waals surface area (Å²) in [5.41, 5.74) is 1.29. The summed E-state index contributed by atoms with van der Waals surface area (Å²) in [6.07, 6.45) is -0.493. The average Bonchev–Trinajstić information content (AvgIpc) is 3.39. The Bertz CT molecular complexity index is 1150. The van der Waals surface area contributed by atoms with Gasteiger partial charge in [0.25, 0.3) is 0 Å². The van der Waals surface area contributed by atoms with Crippen LogP contribution in [-0.2, 0) is 35.2 Å². The topological polar surface area (TPSA) is 59.5 Å². The number of esters is 1. The standard InChI is InChI=1S/C22H19F3N2O3S2/c1-13(28)27(16-6-4-5-14(9-16)22(23,24)25)21-26-15(11-32-21)10-30-20(29)18-12-31-19-8-3-2-7-17(18)19/h4-6,9,11-12H,2-3,7-8,10H2,1H3. The van der Waals surface area contributed by atoms with E-state index in [-0.39, 0.29) is 17.4 Å². The zero-order valence-electron chi connectivity index (χ0n) is 17.1. The quantitative estimate of drug-likeness (QED) is 0.412. The van der Waals surface area contributed by atoms with Crippen LogP contribution in [0.2, 0.25) is 0 Å². The fourth-order valence-corrected chi connectivity index (χ4v) is 5.58. The second-order valence-electron chi connectivity index (χ2n) is 7.36. The van der Waals surface area contributed by atoms with Crippen molar-refractivity contribution in [2.45, 2.75) is 45.4 Å². The molecule has 0 atom stereocenters. The number of carbonyl (C=O) groups is 2. The van der Waals surface area contributed by atoms with E-state index in [4.69, 9.17) is 4.74 Å². The van der Waals surface area contributed by atoms with Crippen LogP contribution in [-0.4, -0.2) is 16.9 Å². The molecule has 1 amide bonds. The molecule has 0 bridgehead atoms. The molecule has 168 valence electrons. The molecule has 0 unspecified atom stereocenters. The molecule has 1 aliphatic carbocycles. The number of rotatable bonds is 5. The first-order chi connectivity index (χ1) is 15.2. The summed E-state index contributed by atoms with van der Waals surface area (Å²) in [7, 11) is 0. The highest BCUT2D eigenvalue weighted by Gasteiger charge is 2.31. The Morgan fingerprint density at radius 3 is 2.69 bits per heavy atom. The van der Waals surface area contributed by atoms with Crippen molar-refractivity contribution in [3.05, 3.63) is 62.3 Å². The maximum absolute atomic E-state index is 13.1.